The molecule has 0 radical (unpaired) electrons. The van der Waals surface area contributed by atoms with Gasteiger partial charge in [0.15, 0.2) is 0 Å². The Morgan fingerprint density at radius 3 is 2.15 bits per heavy atom. The van der Waals surface area contributed by atoms with Gasteiger partial charge in [-0.2, -0.15) is 0 Å². The standard InChI is InChI=1S/C24H26N2O/c1-17-10-13-21(14-11-17)24(20-7-5-4-6-8-20)25-16-23(27)26-22-15-18(2)9-12-19(22)3/h4-15,24-25H,16H2,1-3H3,(H,26,27)/t24-/m0/s1. The summed E-state index contributed by atoms with van der Waals surface area (Å²) in [6.45, 7) is 6.34. The second-order valence-corrected chi connectivity index (χ2v) is 7.00. The van der Waals surface area contributed by atoms with E-state index >= 15 is 0 Å². The van der Waals surface area contributed by atoms with Crippen LogP contribution in [0.2, 0.25) is 0 Å². The fourth-order valence-electron chi connectivity index (χ4n) is 3.09. The summed E-state index contributed by atoms with van der Waals surface area (Å²) in [6.07, 6.45) is 0. The van der Waals surface area contributed by atoms with Crippen molar-refractivity contribution in [3.8, 4) is 0 Å². The van der Waals surface area contributed by atoms with Gasteiger partial charge in [-0.3, -0.25) is 10.1 Å². The molecule has 0 aliphatic rings. The van der Waals surface area contributed by atoms with E-state index in [4.69, 9.17) is 0 Å². The van der Waals surface area contributed by atoms with E-state index in [2.05, 4.69) is 54.0 Å². The minimum absolute atomic E-state index is 0.0313. The maximum atomic E-state index is 12.5. The first-order valence-electron chi connectivity index (χ1n) is 9.25. The molecule has 1 atom stereocenters. The van der Waals surface area contributed by atoms with Gasteiger partial charge in [0.2, 0.25) is 5.91 Å². The molecule has 1 amide bonds. The SMILES string of the molecule is Cc1ccc([C@@H](NCC(=O)Nc2cc(C)ccc2C)c2ccccc2)cc1. The molecule has 27 heavy (non-hydrogen) atoms. The van der Waals surface area contributed by atoms with Crippen molar-refractivity contribution in [2.24, 2.45) is 0 Å². The first-order valence-corrected chi connectivity index (χ1v) is 9.25. The van der Waals surface area contributed by atoms with Crippen LogP contribution < -0.4 is 10.6 Å². The summed E-state index contributed by atoms with van der Waals surface area (Å²) in [5.74, 6) is -0.0447. The van der Waals surface area contributed by atoms with Crippen LogP contribution in [-0.2, 0) is 4.79 Å². The number of amides is 1. The topological polar surface area (TPSA) is 41.1 Å². The summed E-state index contributed by atoms with van der Waals surface area (Å²) in [7, 11) is 0. The molecular formula is C24H26N2O. The van der Waals surface area contributed by atoms with Gasteiger partial charge < -0.3 is 5.32 Å². The minimum atomic E-state index is -0.0447. The number of rotatable bonds is 6. The Morgan fingerprint density at radius 1 is 0.815 bits per heavy atom. The van der Waals surface area contributed by atoms with Crippen molar-refractivity contribution in [1.29, 1.82) is 0 Å². The number of benzene rings is 3. The molecule has 0 fully saturated rings. The predicted molar refractivity (Wildman–Crippen MR) is 112 cm³/mol. The Labute approximate surface area is 161 Å². The van der Waals surface area contributed by atoms with Crippen LogP contribution in [0.3, 0.4) is 0 Å². The molecule has 3 aromatic carbocycles. The number of anilines is 1. The highest BCUT2D eigenvalue weighted by molar-refractivity contribution is 5.93. The molecule has 0 spiro atoms. The van der Waals surface area contributed by atoms with Crippen molar-refractivity contribution in [3.05, 3.63) is 101 Å². The van der Waals surface area contributed by atoms with Crippen molar-refractivity contribution >= 4 is 11.6 Å². The Kier molecular flexibility index (Phi) is 6.05. The number of hydrogen-bond acceptors (Lipinski definition) is 2. The zero-order valence-corrected chi connectivity index (χ0v) is 16.1. The molecule has 0 aliphatic heterocycles. The van der Waals surface area contributed by atoms with Crippen molar-refractivity contribution in [2.75, 3.05) is 11.9 Å². The van der Waals surface area contributed by atoms with Crippen LogP contribution in [-0.4, -0.2) is 12.5 Å². The zero-order valence-electron chi connectivity index (χ0n) is 16.1. The fraction of sp³-hybridized carbons (Fsp3) is 0.208. The second-order valence-electron chi connectivity index (χ2n) is 7.00. The van der Waals surface area contributed by atoms with Crippen molar-refractivity contribution in [3.63, 3.8) is 0 Å². The average molecular weight is 358 g/mol. The van der Waals surface area contributed by atoms with Crippen LogP contribution in [0.5, 0.6) is 0 Å². The Balaban J connectivity index is 1.73. The van der Waals surface area contributed by atoms with Crippen molar-refractivity contribution in [2.45, 2.75) is 26.8 Å². The van der Waals surface area contributed by atoms with Gasteiger partial charge in [0.25, 0.3) is 0 Å². The van der Waals surface area contributed by atoms with Gasteiger partial charge in [0.05, 0.1) is 12.6 Å². The molecule has 3 aromatic rings. The highest BCUT2D eigenvalue weighted by Gasteiger charge is 2.15. The maximum absolute atomic E-state index is 12.5. The number of nitrogens with one attached hydrogen (secondary N) is 2. The smallest absolute Gasteiger partial charge is 0.238 e. The van der Waals surface area contributed by atoms with E-state index in [9.17, 15) is 4.79 Å². The summed E-state index contributed by atoms with van der Waals surface area (Å²) in [4.78, 5) is 12.5. The molecule has 3 heteroatoms. The van der Waals surface area contributed by atoms with Gasteiger partial charge in [-0.25, -0.2) is 0 Å². The Morgan fingerprint density at radius 2 is 1.44 bits per heavy atom. The lowest BCUT2D eigenvalue weighted by molar-refractivity contribution is -0.115. The largest absolute Gasteiger partial charge is 0.325 e. The lowest BCUT2D eigenvalue weighted by Crippen LogP contribution is -2.32. The molecule has 138 valence electrons. The number of hydrogen-bond donors (Lipinski definition) is 2. The zero-order chi connectivity index (χ0) is 19.2. The van der Waals surface area contributed by atoms with E-state index in [0.717, 1.165) is 27.9 Å². The van der Waals surface area contributed by atoms with E-state index in [1.165, 1.54) is 5.56 Å². The molecule has 3 nitrogen and oxygen atoms in total. The third-order valence-electron chi connectivity index (χ3n) is 4.68. The second kappa shape index (κ2) is 8.65. The highest BCUT2D eigenvalue weighted by Crippen LogP contribution is 2.22. The predicted octanol–water partition coefficient (Wildman–Crippen LogP) is 4.93. The van der Waals surface area contributed by atoms with E-state index in [0.29, 0.717) is 0 Å². The fourth-order valence-corrected chi connectivity index (χ4v) is 3.09. The van der Waals surface area contributed by atoms with Gasteiger partial charge in [-0.15, -0.1) is 0 Å². The first-order chi connectivity index (χ1) is 13.0. The van der Waals surface area contributed by atoms with Crippen LogP contribution in [0.1, 0.15) is 33.9 Å². The van der Waals surface area contributed by atoms with Crippen LogP contribution in [0, 0.1) is 20.8 Å². The minimum Gasteiger partial charge on any atom is -0.325 e. The van der Waals surface area contributed by atoms with Crippen LogP contribution in [0.25, 0.3) is 0 Å². The van der Waals surface area contributed by atoms with Crippen LogP contribution in [0.4, 0.5) is 5.69 Å². The monoisotopic (exact) mass is 358 g/mol. The molecule has 0 saturated heterocycles. The summed E-state index contributed by atoms with van der Waals surface area (Å²) >= 11 is 0. The molecule has 0 aliphatic carbocycles. The number of carbonyl (C=O) groups excluding carboxylic acids is 1. The van der Waals surface area contributed by atoms with Gasteiger partial charge in [-0.05, 0) is 49.1 Å². The molecule has 3 rings (SSSR count). The van der Waals surface area contributed by atoms with E-state index in [1.54, 1.807) is 0 Å². The molecule has 0 saturated carbocycles. The van der Waals surface area contributed by atoms with Gasteiger partial charge in [0.1, 0.15) is 0 Å². The Hall–Kier alpha value is -2.91. The van der Waals surface area contributed by atoms with Crippen LogP contribution in [0.15, 0.2) is 72.8 Å². The Bertz CT molecular complexity index is 901. The van der Waals surface area contributed by atoms with E-state index in [1.807, 2.05) is 50.2 Å². The lowest BCUT2D eigenvalue weighted by atomic mass is 9.98. The third kappa shape index (κ3) is 5.05. The first kappa shape index (κ1) is 18.9. The van der Waals surface area contributed by atoms with Gasteiger partial charge in [0, 0.05) is 5.69 Å². The summed E-state index contributed by atoms with van der Waals surface area (Å²) in [5, 5.41) is 6.43. The van der Waals surface area contributed by atoms with E-state index < -0.39 is 0 Å². The molecule has 2 N–H and O–H groups in total. The van der Waals surface area contributed by atoms with Crippen LogP contribution >= 0.6 is 0 Å². The van der Waals surface area contributed by atoms with Gasteiger partial charge >= 0.3 is 0 Å². The molecule has 0 heterocycles. The van der Waals surface area contributed by atoms with Gasteiger partial charge in [-0.1, -0.05) is 72.3 Å². The summed E-state index contributed by atoms with van der Waals surface area (Å²) in [5.41, 5.74) is 6.57. The highest BCUT2D eigenvalue weighted by atomic mass is 16.1. The quantitative estimate of drug-likeness (QED) is 0.656. The number of aryl methyl sites for hydroxylation is 3. The molecule has 0 unspecified atom stereocenters. The van der Waals surface area contributed by atoms with Crippen molar-refractivity contribution < 1.29 is 4.79 Å². The van der Waals surface area contributed by atoms with E-state index in [-0.39, 0.29) is 18.5 Å². The molecule has 0 aromatic heterocycles. The molecular weight excluding hydrogens is 332 g/mol. The maximum Gasteiger partial charge on any atom is 0.238 e. The van der Waals surface area contributed by atoms with Crippen molar-refractivity contribution in [1.82, 2.24) is 5.32 Å². The third-order valence-corrected chi connectivity index (χ3v) is 4.68. The normalized spacial score (nSPS) is 11.8. The average Bonchev–Trinajstić information content (AvgIpc) is 2.67. The lowest BCUT2D eigenvalue weighted by Gasteiger charge is -2.20. The summed E-state index contributed by atoms with van der Waals surface area (Å²) < 4.78 is 0. The summed E-state index contributed by atoms with van der Waals surface area (Å²) in [6, 6.07) is 24.7. The number of carbonyl (C=O) groups is 1. The molecule has 0 bridgehead atoms.